The Balaban J connectivity index is 1.89. The maximum absolute atomic E-state index is 12.6. The first-order chi connectivity index (χ1) is 12.9. The summed E-state index contributed by atoms with van der Waals surface area (Å²) < 4.78 is 37.1. The van der Waals surface area contributed by atoms with E-state index in [1.54, 1.807) is 10.9 Å². The Labute approximate surface area is 154 Å². The lowest BCUT2D eigenvalue weighted by Gasteiger charge is -2.10. The molecular formula is C18H20F2N4O3. The van der Waals surface area contributed by atoms with Crippen molar-refractivity contribution in [1.82, 2.24) is 14.8 Å². The fourth-order valence-electron chi connectivity index (χ4n) is 2.79. The van der Waals surface area contributed by atoms with E-state index in [2.05, 4.69) is 20.1 Å². The van der Waals surface area contributed by atoms with E-state index in [0.29, 0.717) is 30.2 Å². The van der Waals surface area contributed by atoms with E-state index in [4.69, 9.17) is 4.42 Å². The molecule has 0 radical (unpaired) electrons. The molecule has 0 fully saturated rings. The molecular weight excluding hydrogens is 358 g/mol. The van der Waals surface area contributed by atoms with Crippen molar-refractivity contribution in [2.45, 2.75) is 46.8 Å². The Morgan fingerprint density at radius 1 is 1.37 bits per heavy atom. The second kappa shape index (κ2) is 7.73. The number of aryl methyl sites for hydroxylation is 3. The zero-order chi connectivity index (χ0) is 19.6. The van der Waals surface area contributed by atoms with Gasteiger partial charge in [-0.05, 0) is 19.9 Å². The molecule has 1 amide bonds. The minimum absolute atomic E-state index is 0.00184. The number of amides is 1. The average molecular weight is 378 g/mol. The molecule has 0 saturated heterocycles. The first kappa shape index (κ1) is 18.8. The summed E-state index contributed by atoms with van der Waals surface area (Å²) in [5.41, 5.74) is 1.86. The number of nitrogens with zero attached hydrogens (tertiary/aromatic N) is 3. The quantitative estimate of drug-likeness (QED) is 0.678. The van der Waals surface area contributed by atoms with Crippen molar-refractivity contribution in [1.29, 1.82) is 0 Å². The number of carbonyl (C=O) groups is 1. The van der Waals surface area contributed by atoms with Gasteiger partial charge in [0.2, 0.25) is 5.91 Å². The van der Waals surface area contributed by atoms with Gasteiger partial charge in [-0.25, -0.2) is 9.67 Å². The topological polar surface area (TPSA) is 82.2 Å². The first-order valence-corrected chi connectivity index (χ1v) is 8.61. The van der Waals surface area contributed by atoms with Crippen LogP contribution in [-0.2, 0) is 24.2 Å². The molecule has 0 aliphatic carbocycles. The number of aromatic nitrogens is 3. The van der Waals surface area contributed by atoms with Crippen LogP contribution in [-0.4, -0.2) is 27.3 Å². The first-order valence-electron chi connectivity index (χ1n) is 8.61. The summed E-state index contributed by atoms with van der Waals surface area (Å²) in [7, 11) is 0. The number of benzene rings is 1. The minimum Gasteiger partial charge on any atom is -0.440 e. The highest BCUT2D eigenvalue weighted by Gasteiger charge is 2.19. The highest BCUT2D eigenvalue weighted by molar-refractivity contribution is 5.95. The Morgan fingerprint density at radius 2 is 2.15 bits per heavy atom. The van der Waals surface area contributed by atoms with Crippen molar-refractivity contribution >= 4 is 22.8 Å². The molecule has 0 aliphatic rings. The van der Waals surface area contributed by atoms with Crippen molar-refractivity contribution in [3.63, 3.8) is 0 Å². The van der Waals surface area contributed by atoms with E-state index < -0.39 is 6.61 Å². The predicted molar refractivity (Wildman–Crippen MR) is 95.0 cm³/mol. The summed E-state index contributed by atoms with van der Waals surface area (Å²) in [6, 6.07) is 2.91. The number of halogens is 2. The number of hydrogen-bond donors (Lipinski definition) is 1. The predicted octanol–water partition coefficient (Wildman–Crippen LogP) is 3.70. The molecule has 0 saturated carbocycles. The third-order valence-electron chi connectivity index (χ3n) is 4.08. The fourth-order valence-corrected chi connectivity index (χ4v) is 2.79. The van der Waals surface area contributed by atoms with Crippen molar-refractivity contribution in [2.24, 2.45) is 0 Å². The normalized spacial score (nSPS) is 11.3. The summed E-state index contributed by atoms with van der Waals surface area (Å²) in [4.78, 5) is 16.7. The van der Waals surface area contributed by atoms with E-state index in [1.807, 2.05) is 20.8 Å². The van der Waals surface area contributed by atoms with Crippen LogP contribution < -0.4 is 10.1 Å². The van der Waals surface area contributed by atoms with E-state index in [0.717, 1.165) is 5.56 Å². The third-order valence-corrected chi connectivity index (χ3v) is 4.08. The van der Waals surface area contributed by atoms with Crippen LogP contribution in [0.1, 0.15) is 30.9 Å². The van der Waals surface area contributed by atoms with Crippen molar-refractivity contribution in [2.75, 3.05) is 5.32 Å². The molecule has 0 aliphatic heterocycles. The zero-order valence-electron chi connectivity index (χ0n) is 15.3. The summed E-state index contributed by atoms with van der Waals surface area (Å²) >= 11 is 0. The van der Waals surface area contributed by atoms with Gasteiger partial charge in [0.25, 0.3) is 0 Å². The van der Waals surface area contributed by atoms with Crippen LogP contribution in [0.5, 0.6) is 5.75 Å². The molecule has 2 aromatic heterocycles. The number of carbonyl (C=O) groups excluding carboxylic acids is 1. The lowest BCUT2D eigenvalue weighted by Crippen LogP contribution is -2.18. The molecule has 27 heavy (non-hydrogen) atoms. The molecule has 3 aromatic rings. The molecule has 9 heteroatoms. The molecule has 0 bridgehead atoms. The number of ether oxygens (including phenoxy) is 1. The summed E-state index contributed by atoms with van der Waals surface area (Å²) in [5.74, 6) is 0.666. The van der Waals surface area contributed by atoms with Crippen LogP contribution in [0, 0.1) is 6.92 Å². The van der Waals surface area contributed by atoms with Crippen molar-refractivity contribution in [3.05, 3.63) is 35.3 Å². The van der Waals surface area contributed by atoms with Crippen molar-refractivity contribution < 1.29 is 22.7 Å². The number of alkyl halides is 2. The molecule has 1 aromatic carbocycles. The van der Waals surface area contributed by atoms with Crippen LogP contribution in [0.2, 0.25) is 0 Å². The van der Waals surface area contributed by atoms with Gasteiger partial charge in [0.15, 0.2) is 22.7 Å². The van der Waals surface area contributed by atoms with Gasteiger partial charge in [-0.15, -0.1) is 0 Å². The molecule has 1 N–H and O–H groups in total. The number of anilines is 1. The highest BCUT2D eigenvalue weighted by Crippen LogP contribution is 2.31. The van der Waals surface area contributed by atoms with Gasteiger partial charge in [-0.2, -0.15) is 13.9 Å². The molecule has 2 heterocycles. The number of hydrogen-bond acceptors (Lipinski definition) is 5. The molecule has 3 rings (SSSR count). The molecule has 144 valence electrons. The Kier molecular flexibility index (Phi) is 5.38. The minimum atomic E-state index is -2.97. The van der Waals surface area contributed by atoms with Crippen molar-refractivity contribution in [3.8, 4) is 5.75 Å². The summed E-state index contributed by atoms with van der Waals surface area (Å²) in [5, 5.41) is 7.02. The SMILES string of the molecule is CCc1nc2c(OC(F)F)ccc(CC(=O)Nc3c(C)cnn3CC)c2o1. The standard InChI is InChI=1S/C18H20F2N4O3/c1-4-14-23-15-12(26-18(19)20)7-6-11(16(15)27-14)8-13(25)22-17-10(3)9-21-24(17)5-2/h6-7,9,18H,4-5,8H2,1-3H3,(H,22,25). The average Bonchev–Trinajstić information content (AvgIpc) is 3.21. The van der Waals surface area contributed by atoms with Crippen LogP contribution in [0.25, 0.3) is 11.1 Å². The smallest absolute Gasteiger partial charge is 0.387 e. The highest BCUT2D eigenvalue weighted by atomic mass is 19.3. The van der Waals surface area contributed by atoms with Gasteiger partial charge in [-0.1, -0.05) is 13.0 Å². The maximum atomic E-state index is 12.6. The van der Waals surface area contributed by atoms with Crippen LogP contribution in [0.4, 0.5) is 14.6 Å². The Morgan fingerprint density at radius 3 is 2.81 bits per heavy atom. The number of fused-ring (bicyclic) bond motifs is 1. The van der Waals surface area contributed by atoms with Crippen LogP contribution >= 0.6 is 0 Å². The summed E-state index contributed by atoms with van der Waals surface area (Å²) in [6.07, 6.45) is 2.17. The van der Waals surface area contributed by atoms with E-state index in [9.17, 15) is 13.6 Å². The lowest BCUT2D eigenvalue weighted by molar-refractivity contribution is -0.115. The van der Waals surface area contributed by atoms with Gasteiger partial charge < -0.3 is 14.5 Å². The van der Waals surface area contributed by atoms with Crippen LogP contribution in [0.15, 0.2) is 22.7 Å². The van der Waals surface area contributed by atoms with Gasteiger partial charge >= 0.3 is 6.61 Å². The van der Waals surface area contributed by atoms with Gasteiger partial charge in [-0.3, -0.25) is 4.79 Å². The molecule has 0 unspecified atom stereocenters. The van der Waals surface area contributed by atoms with E-state index >= 15 is 0 Å². The zero-order valence-corrected chi connectivity index (χ0v) is 15.3. The third kappa shape index (κ3) is 3.91. The molecule has 0 spiro atoms. The van der Waals surface area contributed by atoms with Gasteiger partial charge in [0.1, 0.15) is 5.82 Å². The monoisotopic (exact) mass is 378 g/mol. The Bertz CT molecular complexity index is 965. The Hall–Kier alpha value is -2.97. The second-order valence-electron chi connectivity index (χ2n) is 5.96. The lowest BCUT2D eigenvalue weighted by atomic mass is 10.1. The number of rotatable bonds is 7. The fraction of sp³-hybridized carbons (Fsp3) is 0.389. The molecule has 7 nitrogen and oxygen atoms in total. The maximum Gasteiger partial charge on any atom is 0.387 e. The van der Waals surface area contributed by atoms with E-state index in [-0.39, 0.29) is 29.2 Å². The number of nitrogens with one attached hydrogen (secondary N) is 1. The number of oxazole rings is 1. The van der Waals surface area contributed by atoms with Gasteiger partial charge in [0, 0.05) is 24.1 Å². The van der Waals surface area contributed by atoms with E-state index in [1.165, 1.54) is 12.1 Å². The van der Waals surface area contributed by atoms with Gasteiger partial charge in [0.05, 0.1) is 12.6 Å². The molecule has 0 atom stereocenters. The largest absolute Gasteiger partial charge is 0.440 e. The summed E-state index contributed by atoms with van der Waals surface area (Å²) in [6.45, 7) is 3.26. The second-order valence-corrected chi connectivity index (χ2v) is 5.96. The van der Waals surface area contributed by atoms with Crippen LogP contribution in [0.3, 0.4) is 0 Å².